The lowest BCUT2D eigenvalue weighted by Crippen LogP contribution is -2.11. The van der Waals surface area contributed by atoms with Crippen molar-refractivity contribution in [3.8, 4) is 0 Å². The summed E-state index contributed by atoms with van der Waals surface area (Å²) in [7, 11) is 0. The Morgan fingerprint density at radius 3 is 2.48 bits per heavy atom. The summed E-state index contributed by atoms with van der Waals surface area (Å²) in [6.45, 7) is 7.42. The molecule has 4 heteroatoms. The molecule has 112 valence electrons. The molecule has 0 saturated heterocycles. The van der Waals surface area contributed by atoms with Crippen LogP contribution in [-0.4, -0.2) is 16.5 Å². The maximum Gasteiger partial charge on any atom is 0.143 e. The van der Waals surface area contributed by atoms with Crippen molar-refractivity contribution in [3.05, 3.63) is 51.0 Å². The van der Waals surface area contributed by atoms with Gasteiger partial charge in [-0.3, -0.25) is 0 Å². The van der Waals surface area contributed by atoms with Crippen LogP contribution >= 0.6 is 22.6 Å². The van der Waals surface area contributed by atoms with Crippen molar-refractivity contribution in [2.24, 2.45) is 5.92 Å². The van der Waals surface area contributed by atoms with Gasteiger partial charge >= 0.3 is 0 Å². The van der Waals surface area contributed by atoms with Crippen molar-refractivity contribution in [1.29, 1.82) is 0 Å². The molecule has 1 N–H and O–H groups in total. The van der Waals surface area contributed by atoms with Gasteiger partial charge in [-0.1, -0.05) is 44.2 Å². The third-order valence-electron chi connectivity index (χ3n) is 3.12. The van der Waals surface area contributed by atoms with Crippen LogP contribution in [0, 0.1) is 9.49 Å². The molecule has 0 saturated carbocycles. The first-order valence-electron chi connectivity index (χ1n) is 7.43. The molecule has 0 unspecified atom stereocenters. The molecular weight excluding hydrogens is 373 g/mol. The maximum atomic E-state index is 4.79. The monoisotopic (exact) mass is 395 g/mol. The van der Waals surface area contributed by atoms with Crippen molar-refractivity contribution in [2.45, 2.75) is 33.6 Å². The van der Waals surface area contributed by atoms with Gasteiger partial charge in [-0.2, -0.15) is 0 Å². The fraction of sp³-hybridized carbons (Fsp3) is 0.412. The molecule has 0 radical (unpaired) electrons. The SMILES string of the molecule is CCNc1nc(Cc2ccccc2)nc(CC(C)C)c1I. The van der Waals surface area contributed by atoms with Gasteiger partial charge in [-0.25, -0.2) is 9.97 Å². The lowest BCUT2D eigenvalue weighted by molar-refractivity contribution is 0.628. The number of aromatic nitrogens is 2. The summed E-state index contributed by atoms with van der Waals surface area (Å²) >= 11 is 2.36. The number of rotatable bonds is 6. The summed E-state index contributed by atoms with van der Waals surface area (Å²) in [5, 5.41) is 3.36. The molecule has 2 rings (SSSR count). The van der Waals surface area contributed by atoms with Crippen LogP contribution in [0.25, 0.3) is 0 Å². The van der Waals surface area contributed by atoms with Gasteiger partial charge < -0.3 is 5.32 Å². The highest BCUT2D eigenvalue weighted by atomic mass is 127. The fourth-order valence-corrected chi connectivity index (χ4v) is 2.86. The zero-order valence-electron chi connectivity index (χ0n) is 12.9. The lowest BCUT2D eigenvalue weighted by atomic mass is 10.1. The second kappa shape index (κ2) is 7.73. The Balaban J connectivity index is 2.33. The Hall–Kier alpha value is -1.17. The van der Waals surface area contributed by atoms with Crippen LogP contribution < -0.4 is 5.32 Å². The van der Waals surface area contributed by atoms with E-state index in [2.05, 4.69) is 72.9 Å². The molecule has 0 amide bonds. The molecular formula is C17H22IN3. The third-order valence-corrected chi connectivity index (χ3v) is 4.25. The third kappa shape index (κ3) is 4.66. The molecule has 0 aliphatic heterocycles. The Morgan fingerprint density at radius 2 is 1.86 bits per heavy atom. The van der Waals surface area contributed by atoms with Crippen LogP contribution in [0.5, 0.6) is 0 Å². The van der Waals surface area contributed by atoms with Crippen molar-refractivity contribution in [3.63, 3.8) is 0 Å². The first kappa shape index (κ1) is 16.2. The van der Waals surface area contributed by atoms with Gasteiger partial charge in [-0.05, 0) is 47.4 Å². The second-order valence-electron chi connectivity index (χ2n) is 5.54. The van der Waals surface area contributed by atoms with E-state index in [4.69, 9.17) is 9.97 Å². The van der Waals surface area contributed by atoms with Crippen molar-refractivity contribution < 1.29 is 0 Å². The zero-order chi connectivity index (χ0) is 15.2. The van der Waals surface area contributed by atoms with Gasteiger partial charge in [0.15, 0.2) is 0 Å². The molecule has 0 fully saturated rings. The molecule has 0 aliphatic carbocycles. The predicted molar refractivity (Wildman–Crippen MR) is 96.7 cm³/mol. The molecule has 2 aromatic rings. The number of halogens is 1. The topological polar surface area (TPSA) is 37.8 Å². The first-order chi connectivity index (χ1) is 10.1. The number of benzene rings is 1. The summed E-state index contributed by atoms with van der Waals surface area (Å²) in [6.07, 6.45) is 1.77. The normalized spacial score (nSPS) is 10.9. The van der Waals surface area contributed by atoms with E-state index < -0.39 is 0 Å². The summed E-state index contributed by atoms with van der Waals surface area (Å²) in [5.74, 6) is 2.45. The van der Waals surface area contributed by atoms with E-state index in [1.165, 1.54) is 5.56 Å². The quantitative estimate of drug-likeness (QED) is 0.742. The highest BCUT2D eigenvalue weighted by Crippen LogP contribution is 2.22. The van der Waals surface area contributed by atoms with E-state index in [1.54, 1.807) is 0 Å². The minimum absolute atomic E-state index is 0.590. The zero-order valence-corrected chi connectivity index (χ0v) is 15.0. The molecule has 1 aromatic heterocycles. The van der Waals surface area contributed by atoms with Gasteiger partial charge in [0.2, 0.25) is 0 Å². The Morgan fingerprint density at radius 1 is 1.14 bits per heavy atom. The summed E-state index contributed by atoms with van der Waals surface area (Å²) in [4.78, 5) is 9.49. The fourth-order valence-electron chi connectivity index (χ4n) is 2.21. The van der Waals surface area contributed by atoms with Gasteiger partial charge in [0.1, 0.15) is 11.6 Å². The molecule has 0 spiro atoms. The number of nitrogens with zero attached hydrogens (tertiary/aromatic N) is 2. The van der Waals surface area contributed by atoms with Gasteiger partial charge in [0.05, 0.1) is 9.26 Å². The molecule has 1 heterocycles. The minimum atomic E-state index is 0.590. The number of anilines is 1. The van der Waals surface area contributed by atoms with E-state index in [0.717, 1.165) is 40.3 Å². The standard InChI is InChI=1S/C17H22IN3/c1-4-19-17-16(18)14(10-12(2)3)20-15(21-17)11-13-8-6-5-7-9-13/h5-9,12H,4,10-11H2,1-3H3,(H,19,20,21). The van der Waals surface area contributed by atoms with E-state index in [1.807, 2.05) is 6.07 Å². The van der Waals surface area contributed by atoms with E-state index in [9.17, 15) is 0 Å². The van der Waals surface area contributed by atoms with Crippen molar-refractivity contribution >= 4 is 28.4 Å². The average molecular weight is 395 g/mol. The van der Waals surface area contributed by atoms with Gasteiger partial charge in [-0.15, -0.1) is 0 Å². The Bertz CT molecular complexity index is 582. The smallest absolute Gasteiger partial charge is 0.143 e. The molecule has 1 aromatic carbocycles. The molecule has 21 heavy (non-hydrogen) atoms. The van der Waals surface area contributed by atoms with Crippen LogP contribution in [0.2, 0.25) is 0 Å². The minimum Gasteiger partial charge on any atom is -0.369 e. The highest BCUT2D eigenvalue weighted by molar-refractivity contribution is 14.1. The Labute approximate surface area is 140 Å². The summed E-state index contributed by atoms with van der Waals surface area (Å²) < 4.78 is 1.15. The van der Waals surface area contributed by atoms with Gasteiger partial charge in [0, 0.05) is 13.0 Å². The lowest BCUT2D eigenvalue weighted by Gasteiger charge is -2.13. The second-order valence-corrected chi connectivity index (χ2v) is 6.62. The molecule has 3 nitrogen and oxygen atoms in total. The van der Waals surface area contributed by atoms with Crippen LogP contribution in [0.4, 0.5) is 5.82 Å². The predicted octanol–water partition coefficient (Wildman–Crippen LogP) is 4.30. The average Bonchev–Trinajstić information content (AvgIpc) is 2.44. The van der Waals surface area contributed by atoms with E-state index in [0.29, 0.717) is 5.92 Å². The highest BCUT2D eigenvalue weighted by Gasteiger charge is 2.13. The van der Waals surface area contributed by atoms with Crippen molar-refractivity contribution in [1.82, 2.24) is 9.97 Å². The number of nitrogens with one attached hydrogen (secondary N) is 1. The molecule has 0 atom stereocenters. The number of hydrogen-bond acceptors (Lipinski definition) is 3. The van der Waals surface area contributed by atoms with Crippen LogP contribution in [0.15, 0.2) is 30.3 Å². The number of hydrogen-bond donors (Lipinski definition) is 1. The molecule has 0 bridgehead atoms. The van der Waals surface area contributed by atoms with Crippen LogP contribution in [0.1, 0.15) is 37.9 Å². The van der Waals surface area contributed by atoms with Crippen LogP contribution in [0.3, 0.4) is 0 Å². The van der Waals surface area contributed by atoms with E-state index >= 15 is 0 Å². The largest absolute Gasteiger partial charge is 0.369 e. The first-order valence-corrected chi connectivity index (χ1v) is 8.51. The summed E-state index contributed by atoms with van der Waals surface area (Å²) in [5.41, 5.74) is 2.40. The van der Waals surface area contributed by atoms with Gasteiger partial charge in [0.25, 0.3) is 0 Å². The van der Waals surface area contributed by atoms with E-state index in [-0.39, 0.29) is 0 Å². The van der Waals surface area contributed by atoms with Crippen molar-refractivity contribution in [2.75, 3.05) is 11.9 Å². The Kier molecular flexibility index (Phi) is 5.96. The van der Waals surface area contributed by atoms with Crippen LogP contribution in [-0.2, 0) is 12.8 Å². The summed E-state index contributed by atoms with van der Waals surface area (Å²) in [6, 6.07) is 10.4. The maximum absolute atomic E-state index is 4.79. The molecule has 0 aliphatic rings.